The van der Waals surface area contributed by atoms with E-state index >= 15 is 0 Å². The summed E-state index contributed by atoms with van der Waals surface area (Å²) in [6.45, 7) is 5.20. The summed E-state index contributed by atoms with van der Waals surface area (Å²) in [5.41, 5.74) is 5.10. The van der Waals surface area contributed by atoms with Crippen molar-refractivity contribution in [2.24, 2.45) is 7.05 Å². The van der Waals surface area contributed by atoms with Crippen molar-refractivity contribution in [2.75, 3.05) is 6.61 Å². The van der Waals surface area contributed by atoms with E-state index in [1.54, 1.807) is 0 Å². The molecular formula is C17H24N2O. The Hall–Kier alpha value is -1.58. The van der Waals surface area contributed by atoms with Crippen molar-refractivity contribution >= 4 is 0 Å². The molecule has 3 nitrogen and oxygen atoms in total. The van der Waals surface area contributed by atoms with Crippen molar-refractivity contribution in [2.45, 2.75) is 32.9 Å². The third-order valence-electron chi connectivity index (χ3n) is 4.01. The van der Waals surface area contributed by atoms with Crippen molar-refractivity contribution in [3.63, 3.8) is 0 Å². The predicted molar refractivity (Wildman–Crippen MR) is 82.7 cm³/mol. The second kappa shape index (κ2) is 6.73. The van der Waals surface area contributed by atoms with E-state index in [0.29, 0.717) is 0 Å². The fraction of sp³-hybridized carbons (Fsp3) is 0.412. The number of nitrogens with zero attached hydrogens (tertiary/aromatic N) is 1. The van der Waals surface area contributed by atoms with Gasteiger partial charge in [-0.05, 0) is 37.5 Å². The quantitative estimate of drug-likeness (QED) is 0.847. The fourth-order valence-corrected chi connectivity index (χ4v) is 2.47. The maximum Gasteiger partial charge on any atom is 0.0587 e. The van der Waals surface area contributed by atoms with Crippen LogP contribution in [0, 0.1) is 13.8 Å². The molecule has 1 heterocycles. The highest BCUT2D eigenvalue weighted by atomic mass is 16.3. The number of hydrogen-bond acceptors (Lipinski definition) is 2. The highest BCUT2D eigenvalue weighted by Gasteiger charge is 2.10. The number of aryl methyl sites for hydroxylation is 1. The molecule has 2 rings (SSSR count). The largest absolute Gasteiger partial charge is 0.395 e. The van der Waals surface area contributed by atoms with Crippen LogP contribution < -0.4 is 5.32 Å². The number of benzene rings is 1. The highest BCUT2D eigenvalue weighted by molar-refractivity contribution is 5.26. The lowest BCUT2D eigenvalue weighted by atomic mass is 10.1. The molecule has 0 aliphatic rings. The lowest BCUT2D eigenvalue weighted by Gasteiger charge is -2.16. The molecule has 2 aromatic rings. The lowest BCUT2D eigenvalue weighted by molar-refractivity contribution is 0.240. The second-order valence-corrected chi connectivity index (χ2v) is 5.41. The first-order chi connectivity index (χ1) is 9.61. The third-order valence-corrected chi connectivity index (χ3v) is 4.01. The molecule has 1 aromatic carbocycles. The Balaban J connectivity index is 1.95. The van der Waals surface area contributed by atoms with Gasteiger partial charge in [0.1, 0.15) is 0 Å². The number of nitrogens with one attached hydrogen (secondary N) is 1. The van der Waals surface area contributed by atoms with E-state index in [-0.39, 0.29) is 12.6 Å². The fourth-order valence-electron chi connectivity index (χ4n) is 2.47. The van der Waals surface area contributed by atoms with Crippen LogP contribution in [0.3, 0.4) is 0 Å². The Kier molecular flexibility index (Phi) is 4.99. The molecule has 20 heavy (non-hydrogen) atoms. The predicted octanol–water partition coefficient (Wildman–Crippen LogP) is 2.34. The van der Waals surface area contributed by atoms with Gasteiger partial charge in [-0.2, -0.15) is 0 Å². The molecule has 0 amide bonds. The lowest BCUT2D eigenvalue weighted by Crippen LogP contribution is -2.34. The van der Waals surface area contributed by atoms with Gasteiger partial charge >= 0.3 is 0 Å². The van der Waals surface area contributed by atoms with Crippen LogP contribution in [0.2, 0.25) is 0 Å². The molecule has 0 aliphatic heterocycles. The summed E-state index contributed by atoms with van der Waals surface area (Å²) in [6.07, 6.45) is 0.849. The number of aromatic nitrogens is 1. The minimum Gasteiger partial charge on any atom is -0.395 e. The first-order valence-corrected chi connectivity index (χ1v) is 7.11. The third kappa shape index (κ3) is 3.50. The average molecular weight is 272 g/mol. The van der Waals surface area contributed by atoms with Crippen LogP contribution in [0.1, 0.15) is 22.5 Å². The van der Waals surface area contributed by atoms with Crippen LogP contribution >= 0.6 is 0 Å². The van der Waals surface area contributed by atoms with Gasteiger partial charge in [0.05, 0.1) is 6.61 Å². The van der Waals surface area contributed by atoms with Gasteiger partial charge in [-0.1, -0.05) is 30.3 Å². The first kappa shape index (κ1) is 14.8. The van der Waals surface area contributed by atoms with E-state index < -0.39 is 0 Å². The van der Waals surface area contributed by atoms with Gasteiger partial charge in [0, 0.05) is 31.0 Å². The van der Waals surface area contributed by atoms with Crippen LogP contribution in [0.25, 0.3) is 0 Å². The Morgan fingerprint density at radius 1 is 1.20 bits per heavy atom. The summed E-state index contributed by atoms with van der Waals surface area (Å²) < 4.78 is 2.20. The molecule has 0 saturated carbocycles. The molecule has 1 atom stereocenters. The molecule has 0 radical (unpaired) electrons. The average Bonchev–Trinajstić information content (AvgIpc) is 2.72. The molecule has 0 unspecified atom stereocenters. The van der Waals surface area contributed by atoms with Gasteiger partial charge in [0.15, 0.2) is 0 Å². The van der Waals surface area contributed by atoms with Gasteiger partial charge in [0.25, 0.3) is 0 Å². The molecule has 1 aromatic heterocycles. The van der Waals surface area contributed by atoms with E-state index in [2.05, 4.69) is 49.0 Å². The Morgan fingerprint density at radius 2 is 1.90 bits per heavy atom. The molecule has 0 aliphatic carbocycles. The van der Waals surface area contributed by atoms with Crippen molar-refractivity contribution < 1.29 is 5.11 Å². The van der Waals surface area contributed by atoms with Crippen LogP contribution in [0.15, 0.2) is 36.4 Å². The Bertz CT molecular complexity index is 546. The van der Waals surface area contributed by atoms with Crippen LogP contribution in [-0.4, -0.2) is 22.3 Å². The van der Waals surface area contributed by atoms with Crippen molar-refractivity contribution in [3.8, 4) is 0 Å². The topological polar surface area (TPSA) is 37.2 Å². The Labute approximate surface area is 121 Å². The zero-order valence-corrected chi connectivity index (χ0v) is 12.6. The number of rotatable bonds is 6. The zero-order chi connectivity index (χ0) is 14.5. The van der Waals surface area contributed by atoms with E-state index in [0.717, 1.165) is 13.0 Å². The van der Waals surface area contributed by atoms with E-state index in [9.17, 15) is 5.11 Å². The Morgan fingerprint density at radius 3 is 2.45 bits per heavy atom. The van der Waals surface area contributed by atoms with Gasteiger partial charge in [-0.3, -0.25) is 0 Å². The molecule has 0 bridgehead atoms. The highest BCUT2D eigenvalue weighted by Crippen LogP contribution is 2.13. The summed E-state index contributed by atoms with van der Waals surface area (Å²) in [4.78, 5) is 0. The maximum absolute atomic E-state index is 9.53. The summed E-state index contributed by atoms with van der Waals surface area (Å²) in [7, 11) is 2.08. The van der Waals surface area contributed by atoms with E-state index in [1.165, 1.54) is 22.5 Å². The second-order valence-electron chi connectivity index (χ2n) is 5.41. The van der Waals surface area contributed by atoms with Crippen LogP contribution in [-0.2, 0) is 20.0 Å². The van der Waals surface area contributed by atoms with E-state index in [4.69, 9.17) is 0 Å². The van der Waals surface area contributed by atoms with Gasteiger partial charge in [-0.25, -0.2) is 0 Å². The van der Waals surface area contributed by atoms with Gasteiger partial charge in [-0.15, -0.1) is 0 Å². The number of aliphatic hydroxyl groups is 1. The standard InChI is InChI=1S/C17H24N2O/c1-13-9-16(14(2)19(13)3)11-18-17(12-20)10-15-7-5-4-6-8-15/h4-9,17-18,20H,10-12H2,1-3H3/t17-/m1/s1. The number of hydrogen-bond donors (Lipinski definition) is 2. The normalized spacial score (nSPS) is 12.6. The first-order valence-electron chi connectivity index (χ1n) is 7.11. The molecule has 2 N–H and O–H groups in total. The zero-order valence-electron chi connectivity index (χ0n) is 12.6. The smallest absolute Gasteiger partial charge is 0.0587 e. The summed E-state index contributed by atoms with van der Waals surface area (Å²) in [6, 6.07) is 12.6. The molecule has 0 saturated heterocycles. The molecule has 3 heteroatoms. The molecule has 108 valence electrons. The molecule has 0 spiro atoms. The van der Waals surface area contributed by atoms with E-state index in [1.807, 2.05) is 18.2 Å². The van der Waals surface area contributed by atoms with Gasteiger partial charge in [0.2, 0.25) is 0 Å². The maximum atomic E-state index is 9.53. The minimum atomic E-state index is 0.0947. The van der Waals surface area contributed by atoms with Crippen molar-refractivity contribution in [3.05, 3.63) is 58.9 Å². The summed E-state index contributed by atoms with van der Waals surface area (Å²) >= 11 is 0. The van der Waals surface area contributed by atoms with Crippen LogP contribution in [0.4, 0.5) is 0 Å². The monoisotopic (exact) mass is 272 g/mol. The number of aliphatic hydroxyl groups excluding tert-OH is 1. The summed E-state index contributed by atoms with van der Waals surface area (Å²) in [5.74, 6) is 0. The summed E-state index contributed by atoms with van der Waals surface area (Å²) in [5, 5.41) is 13.0. The van der Waals surface area contributed by atoms with Crippen molar-refractivity contribution in [1.29, 1.82) is 0 Å². The van der Waals surface area contributed by atoms with Crippen molar-refractivity contribution in [1.82, 2.24) is 9.88 Å². The minimum absolute atomic E-state index is 0.0947. The molecular weight excluding hydrogens is 248 g/mol. The SMILES string of the molecule is Cc1cc(CN[C@@H](CO)Cc2ccccc2)c(C)n1C. The van der Waals surface area contributed by atoms with Gasteiger partial charge < -0.3 is 15.0 Å². The van der Waals surface area contributed by atoms with Crippen LogP contribution in [0.5, 0.6) is 0 Å². The molecule has 0 fully saturated rings.